The predicted octanol–water partition coefficient (Wildman–Crippen LogP) is 3.80. The second-order valence-electron chi connectivity index (χ2n) is 6.26. The quantitative estimate of drug-likeness (QED) is 0.235. The number of allylic oxidation sites excluding steroid dienone is 1. The maximum absolute atomic E-state index is 9.71. The Bertz CT molecular complexity index is 575. The summed E-state index contributed by atoms with van der Waals surface area (Å²) in [6, 6.07) is 7.91. The van der Waals surface area contributed by atoms with Gasteiger partial charge < -0.3 is 9.84 Å². The van der Waals surface area contributed by atoms with Crippen molar-refractivity contribution in [3.05, 3.63) is 41.2 Å². The highest BCUT2D eigenvalue weighted by Crippen LogP contribution is 2.25. The van der Waals surface area contributed by atoms with Crippen LogP contribution in [0.3, 0.4) is 0 Å². The average molecular weight is 319 g/mol. The average Bonchev–Trinajstić information content (AvgIpc) is 2.52. The van der Waals surface area contributed by atoms with Gasteiger partial charge in [0.1, 0.15) is 11.6 Å². The van der Waals surface area contributed by atoms with Gasteiger partial charge in [0.15, 0.2) is 0 Å². The van der Waals surface area contributed by atoms with Crippen molar-refractivity contribution in [2.75, 3.05) is 7.11 Å². The standard InChI is InChI=1S/C18H29N3O2/c1-6-15(13(2)22)17(19)21(20)18(3,4)12-11-14-9-7-8-10-16(14)23-5/h7-10,19,22H,6,11-12,20H2,1-5H3. The summed E-state index contributed by atoms with van der Waals surface area (Å²) in [6.07, 6.45) is 2.12. The zero-order valence-electron chi connectivity index (χ0n) is 14.8. The number of ether oxygens (including phenoxy) is 1. The molecule has 4 N–H and O–H groups in total. The first-order valence-corrected chi connectivity index (χ1v) is 7.89. The van der Waals surface area contributed by atoms with Crippen LogP contribution in [0.15, 0.2) is 35.6 Å². The highest BCUT2D eigenvalue weighted by atomic mass is 16.5. The van der Waals surface area contributed by atoms with E-state index in [9.17, 15) is 5.11 Å². The van der Waals surface area contributed by atoms with Crippen LogP contribution in [0.2, 0.25) is 0 Å². The van der Waals surface area contributed by atoms with Crippen LogP contribution in [0.4, 0.5) is 0 Å². The Morgan fingerprint density at radius 1 is 1.35 bits per heavy atom. The molecule has 1 aromatic rings. The maximum Gasteiger partial charge on any atom is 0.142 e. The molecule has 0 spiro atoms. The van der Waals surface area contributed by atoms with Crippen LogP contribution in [-0.4, -0.2) is 28.6 Å². The van der Waals surface area contributed by atoms with E-state index in [-0.39, 0.29) is 11.6 Å². The van der Waals surface area contributed by atoms with Gasteiger partial charge in [0.25, 0.3) is 0 Å². The molecule has 0 amide bonds. The molecule has 0 saturated heterocycles. The number of nitrogens with two attached hydrogens (primary N) is 1. The monoisotopic (exact) mass is 319 g/mol. The molecule has 0 aliphatic heterocycles. The van der Waals surface area contributed by atoms with Crippen molar-refractivity contribution in [1.29, 1.82) is 5.41 Å². The van der Waals surface area contributed by atoms with Crippen LogP contribution in [0.5, 0.6) is 5.75 Å². The van der Waals surface area contributed by atoms with Crippen LogP contribution < -0.4 is 10.6 Å². The number of aliphatic hydroxyl groups is 1. The van der Waals surface area contributed by atoms with Crippen molar-refractivity contribution in [3.8, 4) is 5.75 Å². The fourth-order valence-electron chi connectivity index (χ4n) is 2.51. The van der Waals surface area contributed by atoms with E-state index in [1.54, 1.807) is 14.0 Å². The third-order valence-corrected chi connectivity index (χ3v) is 4.17. The zero-order valence-corrected chi connectivity index (χ0v) is 14.8. The number of nitrogens with one attached hydrogen (secondary N) is 1. The van der Waals surface area contributed by atoms with Gasteiger partial charge in [-0.3, -0.25) is 10.4 Å². The summed E-state index contributed by atoms with van der Waals surface area (Å²) in [5.74, 6) is 7.35. The van der Waals surface area contributed by atoms with Gasteiger partial charge in [-0.25, -0.2) is 5.84 Å². The summed E-state index contributed by atoms with van der Waals surface area (Å²) < 4.78 is 5.38. The highest BCUT2D eigenvalue weighted by molar-refractivity contribution is 5.96. The van der Waals surface area contributed by atoms with Gasteiger partial charge in [-0.15, -0.1) is 0 Å². The SMILES string of the molecule is CCC(C(=N)N(N)C(C)(C)CCc1ccccc1OC)=C(C)O. The smallest absolute Gasteiger partial charge is 0.142 e. The van der Waals surface area contributed by atoms with Crippen molar-refractivity contribution < 1.29 is 9.84 Å². The van der Waals surface area contributed by atoms with Gasteiger partial charge >= 0.3 is 0 Å². The van der Waals surface area contributed by atoms with E-state index in [0.717, 1.165) is 24.2 Å². The lowest BCUT2D eigenvalue weighted by Gasteiger charge is -2.37. The Hall–Kier alpha value is -2.01. The van der Waals surface area contributed by atoms with Crippen LogP contribution in [0, 0.1) is 5.41 Å². The lowest BCUT2D eigenvalue weighted by molar-refractivity contribution is 0.201. The molecule has 0 aliphatic carbocycles. The molecule has 0 fully saturated rings. The van der Waals surface area contributed by atoms with E-state index in [4.69, 9.17) is 16.0 Å². The highest BCUT2D eigenvalue weighted by Gasteiger charge is 2.28. The molecular formula is C18H29N3O2. The fraction of sp³-hybridized carbons (Fsp3) is 0.500. The molecule has 5 nitrogen and oxygen atoms in total. The van der Waals surface area contributed by atoms with Crippen molar-refractivity contribution in [2.24, 2.45) is 5.84 Å². The lowest BCUT2D eigenvalue weighted by Crippen LogP contribution is -2.53. The number of nitrogens with zero attached hydrogens (tertiary/aromatic N) is 1. The summed E-state index contributed by atoms with van der Waals surface area (Å²) >= 11 is 0. The molecule has 0 saturated carbocycles. The van der Waals surface area contributed by atoms with Crippen LogP contribution in [-0.2, 0) is 6.42 Å². The maximum atomic E-state index is 9.71. The number of rotatable bonds is 7. The summed E-state index contributed by atoms with van der Waals surface area (Å²) in [6.45, 7) is 7.48. The van der Waals surface area contributed by atoms with E-state index in [2.05, 4.69) is 0 Å². The topological polar surface area (TPSA) is 82.6 Å². The minimum Gasteiger partial charge on any atom is -0.512 e. The van der Waals surface area contributed by atoms with Crippen molar-refractivity contribution in [2.45, 2.75) is 52.5 Å². The van der Waals surface area contributed by atoms with E-state index >= 15 is 0 Å². The predicted molar refractivity (Wildman–Crippen MR) is 94.8 cm³/mol. The molecule has 0 radical (unpaired) electrons. The number of benzene rings is 1. The minimum absolute atomic E-state index is 0.147. The van der Waals surface area contributed by atoms with Crippen LogP contribution in [0.25, 0.3) is 0 Å². The van der Waals surface area contributed by atoms with Gasteiger partial charge in [0, 0.05) is 5.57 Å². The number of amidine groups is 1. The zero-order chi connectivity index (χ0) is 17.6. The van der Waals surface area contributed by atoms with Crippen molar-refractivity contribution in [3.63, 3.8) is 0 Å². The second kappa shape index (κ2) is 8.02. The molecule has 1 rings (SSSR count). The van der Waals surface area contributed by atoms with E-state index in [0.29, 0.717) is 12.0 Å². The van der Waals surface area contributed by atoms with Crippen molar-refractivity contribution >= 4 is 5.84 Å². The Morgan fingerprint density at radius 2 is 1.96 bits per heavy atom. The van der Waals surface area contributed by atoms with E-state index < -0.39 is 5.54 Å². The molecule has 0 atom stereocenters. The van der Waals surface area contributed by atoms with Crippen LogP contribution >= 0.6 is 0 Å². The Balaban J connectivity index is 2.86. The Labute approximate surface area is 139 Å². The number of aryl methyl sites for hydroxylation is 1. The number of hydrogen-bond acceptors (Lipinski definition) is 4. The molecule has 0 unspecified atom stereocenters. The number of hydrazine groups is 1. The first-order chi connectivity index (χ1) is 10.7. The Kier molecular flexibility index (Phi) is 6.63. The van der Waals surface area contributed by atoms with Crippen LogP contribution in [0.1, 0.15) is 46.1 Å². The molecule has 0 aliphatic rings. The molecular weight excluding hydrogens is 290 g/mol. The third kappa shape index (κ3) is 4.73. The van der Waals surface area contributed by atoms with Gasteiger partial charge in [-0.05, 0) is 51.7 Å². The largest absolute Gasteiger partial charge is 0.512 e. The number of para-hydroxylation sites is 1. The van der Waals surface area contributed by atoms with E-state index in [1.165, 1.54) is 5.01 Å². The van der Waals surface area contributed by atoms with E-state index in [1.807, 2.05) is 45.0 Å². The molecule has 0 bridgehead atoms. The molecule has 0 aromatic heterocycles. The third-order valence-electron chi connectivity index (χ3n) is 4.17. The molecule has 0 heterocycles. The van der Waals surface area contributed by atoms with Gasteiger partial charge in [0.05, 0.1) is 18.4 Å². The fourth-order valence-corrected chi connectivity index (χ4v) is 2.51. The summed E-state index contributed by atoms with van der Waals surface area (Å²) in [5, 5.41) is 19.4. The number of hydrogen-bond donors (Lipinski definition) is 3. The number of aliphatic hydroxyl groups excluding tert-OH is 1. The molecule has 128 valence electrons. The Morgan fingerprint density at radius 3 is 2.48 bits per heavy atom. The molecule has 5 heteroatoms. The summed E-state index contributed by atoms with van der Waals surface area (Å²) in [4.78, 5) is 0. The summed E-state index contributed by atoms with van der Waals surface area (Å²) in [7, 11) is 1.66. The first-order valence-electron chi connectivity index (χ1n) is 7.89. The number of methoxy groups -OCH3 is 1. The van der Waals surface area contributed by atoms with Gasteiger partial charge in [0.2, 0.25) is 0 Å². The summed E-state index contributed by atoms with van der Waals surface area (Å²) in [5.41, 5.74) is 1.26. The van der Waals surface area contributed by atoms with Gasteiger partial charge in [-0.2, -0.15) is 0 Å². The minimum atomic E-state index is -0.423. The molecule has 1 aromatic carbocycles. The van der Waals surface area contributed by atoms with Gasteiger partial charge in [-0.1, -0.05) is 25.1 Å². The second-order valence-corrected chi connectivity index (χ2v) is 6.26. The first kappa shape index (κ1) is 19.0. The van der Waals surface area contributed by atoms with Crippen molar-refractivity contribution in [1.82, 2.24) is 5.01 Å². The molecule has 23 heavy (non-hydrogen) atoms. The lowest BCUT2D eigenvalue weighted by atomic mass is 9.93. The normalized spacial score (nSPS) is 12.6.